The van der Waals surface area contributed by atoms with Crippen molar-refractivity contribution in [1.29, 1.82) is 0 Å². The molecular weight excluding hydrogens is 276 g/mol. The molecule has 5 nitrogen and oxygen atoms in total. The summed E-state index contributed by atoms with van der Waals surface area (Å²) in [6.07, 6.45) is 0. The second-order valence-electron chi connectivity index (χ2n) is 4.46. The fourth-order valence-corrected chi connectivity index (χ4v) is 2.07. The Balaban J connectivity index is 2.26. The Labute approximate surface area is 122 Å². The van der Waals surface area contributed by atoms with Crippen LogP contribution < -0.4 is 16.6 Å². The molecule has 0 radical (unpaired) electrons. The van der Waals surface area contributed by atoms with Crippen LogP contribution in [0.3, 0.4) is 0 Å². The van der Waals surface area contributed by atoms with Crippen molar-refractivity contribution in [2.45, 2.75) is 13.8 Å². The predicted molar refractivity (Wildman–Crippen MR) is 80.9 cm³/mol. The molecule has 0 fully saturated rings. The number of aryl methyl sites for hydroxylation is 2. The molecule has 4 N–H and O–H groups in total. The van der Waals surface area contributed by atoms with Gasteiger partial charge in [-0.25, -0.2) is 10.8 Å². The van der Waals surface area contributed by atoms with E-state index in [0.717, 1.165) is 5.56 Å². The summed E-state index contributed by atoms with van der Waals surface area (Å²) >= 11 is 6.09. The van der Waals surface area contributed by atoms with Gasteiger partial charge >= 0.3 is 0 Å². The van der Waals surface area contributed by atoms with Gasteiger partial charge in [0.05, 0.1) is 10.7 Å². The van der Waals surface area contributed by atoms with Gasteiger partial charge in [-0.05, 0) is 43.7 Å². The Kier molecular flexibility index (Phi) is 4.22. The molecule has 0 spiro atoms. The van der Waals surface area contributed by atoms with Crippen molar-refractivity contribution in [3.8, 4) is 0 Å². The number of anilines is 2. The van der Waals surface area contributed by atoms with Gasteiger partial charge < -0.3 is 10.7 Å². The zero-order valence-corrected chi connectivity index (χ0v) is 12.0. The highest BCUT2D eigenvalue weighted by atomic mass is 35.5. The second-order valence-corrected chi connectivity index (χ2v) is 4.87. The van der Waals surface area contributed by atoms with Gasteiger partial charge in [0.1, 0.15) is 5.82 Å². The normalized spacial score (nSPS) is 10.2. The number of pyridine rings is 1. The Bertz CT molecular complexity index is 658. The number of amides is 1. The Hall–Kier alpha value is -2.11. The predicted octanol–water partition coefficient (Wildman–Crippen LogP) is 2.89. The van der Waals surface area contributed by atoms with E-state index in [2.05, 4.69) is 15.7 Å². The Morgan fingerprint density at radius 3 is 2.65 bits per heavy atom. The molecule has 1 heterocycles. The summed E-state index contributed by atoms with van der Waals surface area (Å²) in [7, 11) is 0. The largest absolute Gasteiger partial charge is 0.321 e. The summed E-state index contributed by atoms with van der Waals surface area (Å²) in [5, 5.41) is 3.27. The standard InChI is InChI=1S/C14H15ClN4O/c1-8-3-4-12(11(15)5-8)18-14(20)10-6-9(2)17-13(7-10)19-16/h3-7H,16H2,1-2H3,(H,17,19)(H,18,20). The molecule has 2 aromatic rings. The summed E-state index contributed by atoms with van der Waals surface area (Å²) in [4.78, 5) is 16.3. The quantitative estimate of drug-likeness (QED) is 0.600. The maximum absolute atomic E-state index is 12.2. The van der Waals surface area contributed by atoms with Gasteiger partial charge in [-0.1, -0.05) is 17.7 Å². The first kappa shape index (κ1) is 14.3. The van der Waals surface area contributed by atoms with E-state index in [1.54, 1.807) is 31.2 Å². The molecule has 1 aromatic carbocycles. The van der Waals surface area contributed by atoms with Crippen LogP contribution in [-0.4, -0.2) is 10.9 Å². The van der Waals surface area contributed by atoms with Gasteiger partial charge in [0.25, 0.3) is 5.91 Å². The zero-order chi connectivity index (χ0) is 14.7. The highest BCUT2D eigenvalue weighted by Crippen LogP contribution is 2.23. The van der Waals surface area contributed by atoms with Gasteiger partial charge in [0, 0.05) is 11.3 Å². The maximum atomic E-state index is 12.2. The lowest BCUT2D eigenvalue weighted by atomic mass is 10.2. The number of nitrogens with one attached hydrogen (secondary N) is 2. The van der Waals surface area contributed by atoms with Crippen molar-refractivity contribution in [2.75, 3.05) is 10.7 Å². The lowest BCUT2D eigenvalue weighted by molar-refractivity contribution is 0.102. The first-order valence-corrected chi connectivity index (χ1v) is 6.40. The average molecular weight is 291 g/mol. The van der Waals surface area contributed by atoms with Gasteiger partial charge in [0.2, 0.25) is 0 Å². The molecule has 1 amide bonds. The van der Waals surface area contributed by atoms with Gasteiger partial charge in [-0.15, -0.1) is 0 Å². The van der Waals surface area contributed by atoms with Crippen molar-refractivity contribution < 1.29 is 4.79 Å². The highest BCUT2D eigenvalue weighted by molar-refractivity contribution is 6.34. The van der Waals surface area contributed by atoms with Crippen LogP contribution in [0.5, 0.6) is 0 Å². The number of benzene rings is 1. The molecular formula is C14H15ClN4O. The molecule has 0 bridgehead atoms. The molecule has 0 unspecified atom stereocenters. The van der Waals surface area contributed by atoms with Crippen LogP contribution in [0.25, 0.3) is 0 Å². The molecule has 1 aromatic heterocycles. The summed E-state index contributed by atoms with van der Waals surface area (Å²) in [5.74, 6) is 5.49. The van der Waals surface area contributed by atoms with E-state index < -0.39 is 0 Å². The van der Waals surface area contributed by atoms with E-state index >= 15 is 0 Å². The summed E-state index contributed by atoms with van der Waals surface area (Å²) < 4.78 is 0. The summed E-state index contributed by atoms with van der Waals surface area (Å²) in [6, 6.07) is 8.70. The number of hydrogen-bond donors (Lipinski definition) is 3. The zero-order valence-electron chi connectivity index (χ0n) is 11.2. The fourth-order valence-electron chi connectivity index (χ4n) is 1.79. The Morgan fingerprint density at radius 1 is 1.25 bits per heavy atom. The van der Waals surface area contributed by atoms with Gasteiger partial charge in [-0.2, -0.15) is 0 Å². The number of nitrogens with two attached hydrogens (primary N) is 1. The molecule has 0 atom stereocenters. The number of hydrazine groups is 1. The highest BCUT2D eigenvalue weighted by Gasteiger charge is 2.10. The first-order valence-electron chi connectivity index (χ1n) is 6.02. The molecule has 0 saturated carbocycles. The molecule has 0 aliphatic heterocycles. The van der Waals surface area contributed by atoms with E-state index in [0.29, 0.717) is 27.8 Å². The van der Waals surface area contributed by atoms with E-state index in [4.69, 9.17) is 17.4 Å². The van der Waals surface area contributed by atoms with E-state index in [1.165, 1.54) is 0 Å². The molecule has 0 saturated heterocycles. The lowest BCUT2D eigenvalue weighted by Crippen LogP contribution is -2.15. The van der Waals surface area contributed by atoms with Crippen LogP contribution in [0.1, 0.15) is 21.6 Å². The minimum Gasteiger partial charge on any atom is -0.321 e. The first-order chi connectivity index (χ1) is 9.49. The van der Waals surface area contributed by atoms with Crippen LogP contribution in [0.15, 0.2) is 30.3 Å². The van der Waals surface area contributed by atoms with Crippen LogP contribution in [0, 0.1) is 13.8 Å². The SMILES string of the molecule is Cc1ccc(NC(=O)c2cc(C)nc(NN)c2)c(Cl)c1. The van der Waals surface area contributed by atoms with Crippen molar-refractivity contribution in [2.24, 2.45) is 5.84 Å². The molecule has 0 aliphatic rings. The molecule has 0 aliphatic carbocycles. The number of carbonyl (C=O) groups is 1. The minimum absolute atomic E-state index is 0.266. The fraction of sp³-hybridized carbons (Fsp3) is 0.143. The monoisotopic (exact) mass is 290 g/mol. The maximum Gasteiger partial charge on any atom is 0.255 e. The van der Waals surface area contributed by atoms with Gasteiger partial charge in [-0.3, -0.25) is 4.79 Å². The van der Waals surface area contributed by atoms with Gasteiger partial charge in [0.15, 0.2) is 0 Å². The average Bonchev–Trinajstić information content (AvgIpc) is 2.41. The molecule has 2 rings (SSSR count). The smallest absolute Gasteiger partial charge is 0.255 e. The lowest BCUT2D eigenvalue weighted by Gasteiger charge is -2.09. The van der Waals surface area contributed by atoms with Crippen LogP contribution in [0.2, 0.25) is 5.02 Å². The number of aromatic nitrogens is 1. The molecule has 20 heavy (non-hydrogen) atoms. The van der Waals surface area contributed by atoms with Crippen LogP contribution in [-0.2, 0) is 0 Å². The number of rotatable bonds is 3. The molecule has 6 heteroatoms. The van der Waals surface area contributed by atoms with Crippen LogP contribution in [0.4, 0.5) is 11.5 Å². The molecule has 104 valence electrons. The van der Waals surface area contributed by atoms with E-state index in [9.17, 15) is 4.79 Å². The third-order valence-electron chi connectivity index (χ3n) is 2.74. The number of hydrogen-bond acceptors (Lipinski definition) is 4. The van der Waals surface area contributed by atoms with Crippen molar-refractivity contribution in [3.05, 3.63) is 52.2 Å². The minimum atomic E-state index is -0.266. The van der Waals surface area contributed by atoms with Crippen molar-refractivity contribution in [3.63, 3.8) is 0 Å². The summed E-state index contributed by atoms with van der Waals surface area (Å²) in [5.41, 5.74) is 5.18. The topological polar surface area (TPSA) is 80.0 Å². The van der Waals surface area contributed by atoms with Crippen molar-refractivity contribution in [1.82, 2.24) is 4.98 Å². The van der Waals surface area contributed by atoms with E-state index in [1.807, 2.05) is 13.0 Å². The van der Waals surface area contributed by atoms with Crippen molar-refractivity contribution >= 4 is 29.0 Å². The third-order valence-corrected chi connectivity index (χ3v) is 3.05. The van der Waals surface area contributed by atoms with Crippen LogP contribution >= 0.6 is 11.6 Å². The Morgan fingerprint density at radius 2 is 2.00 bits per heavy atom. The number of halogens is 1. The number of nitrogens with zero attached hydrogens (tertiary/aromatic N) is 1. The third kappa shape index (κ3) is 3.26. The second kappa shape index (κ2) is 5.90. The number of carbonyl (C=O) groups excluding carboxylic acids is 1. The van der Waals surface area contributed by atoms with E-state index in [-0.39, 0.29) is 5.91 Å². The number of nitrogen functional groups attached to an aromatic ring is 1. The summed E-state index contributed by atoms with van der Waals surface area (Å²) in [6.45, 7) is 3.72.